The van der Waals surface area contributed by atoms with Crippen LogP contribution in [0.4, 0.5) is 0 Å². The lowest BCUT2D eigenvalue weighted by Gasteiger charge is -2.04. The van der Waals surface area contributed by atoms with Crippen molar-refractivity contribution < 1.29 is 4.79 Å². The molecule has 2 rings (SSSR count). The topological polar surface area (TPSA) is 69.8 Å². The highest BCUT2D eigenvalue weighted by molar-refractivity contribution is 5.97. The van der Waals surface area contributed by atoms with Crippen molar-refractivity contribution in [1.82, 2.24) is 20.8 Å². The third kappa shape index (κ3) is 2.82. The number of rotatable bonds is 5. The summed E-state index contributed by atoms with van der Waals surface area (Å²) in [5.74, 6) is -0.0439. The Hall–Kier alpha value is -1.88. The zero-order valence-corrected chi connectivity index (χ0v) is 9.79. The summed E-state index contributed by atoms with van der Waals surface area (Å²) in [5.41, 5.74) is 1.54. The Bertz CT molecular complexity index is 506. The molecule has 5 heteroatoms. The fourth-order valence-electron chi connectivity index (χ4n) is 1.65. The van der Waals surface area contributed by atoms with E-state index in [0.29, 0.717) is 12.1 Å². The van der Waals surface area contributed by atoms with E-state index in [1.54, 1.807) is 6.20 Å². The van der Waals surface area contributed by atoms with Crippen LogP contribution in [0.1, 0.15) is 16.8 Å². The number of carbonyl (C=O) groups excluding carboxylic acids is 1. The lowest BCUT2D eigenvalue weighted by Crippen LogP contribution is -2.26. The predicted molar refractivity (Wildman–Crippen MR) is 67.0 cm³/mol. The van der Waals surface area contributed by atoms with Crippen LogP contribution >= 0.6 is 0 Å². The molecule has 0 saturated heterocycles. The van der Waals surface area contributed by atoms with E-state index in [-0.39, 0.29) is 5.91 Å². The number of amides is 1. The van der Waals surface area contributed by atoms with E-state index in [9.17, 15) is 4.79 Å². The summed E-state index contributed by atoms with van der Waals surface area (Å²) in [6.07, 6.45) is 2.67. The first kappa shape index (κ1) is 11.6. The normalized spacial score (nSPS) is 10.6. The summed E-state index contributed by atoms with van der Waals surface area (Å²) in [6, 6.07) is 5.52. The molecule has 0 saturated carbocycles. The van der Waals surface area contributed by atoms with E-state index in [1.165, 1.54) is 0 Å². The molecule has 0 unspecified atom stereocenters. The minimum atomic E-state index is -0.0439. The van der Waals surface area contributed by atoms with Crippen LogP contribution in [0, 0.1) is 0 Å². The quantitative estimate of drug-likeness (QED) is 0.671. The first-order valence-corrected chi connectivity index (χ1v) is 5.67. The number of aromatic amines is 1. The molecule has 1 aromatic heterocycles. The molecule has 17 heavy (non-hydrogen) atoms. The number of carbonyl (C=O) groups is 1. The molecule has 1 heterocycles. The fourth-order valence-corrected chi connectivity index (χ4v) is 1.65. The molecule has 3 N–H and O–H groups in total. The molecule has 0 aliphatic rings. The highest BCUT2D eigenvalue weighted by atomic mass is 16.1. The van der Waals surface area contributed by atoms with Gasteiger partial charge in [0.15, 0.2) is 0 Å². The molecule has 0 bridgehead atoms. The molecule has 0 aliphatic carbocycles. The third-order valence-electron chi connectivity index (χ3n) is 2.59. The van der Waals surface area contributed by atoms with E-state index >= 15 is 0 Å². The minimum absolute atomic E-state index is 0.0439. The van der Waals surface area contributed by atoms with Gasteiger partial charge in [0.2, 0.25) is 0 Å². The maximum Gasteiger partial charge on any atom is 0.251 e. The van der Waals surface area contributed by atoms with E-state index in [0.717, 1.165) is 23.9 Å². The van der Waals surface area contributed by atoms with Gasteiger partial charge >= 0.3 is 0 Å². The molecular weight excluding hydrogens is 216 g/mol. The van der Waals surface area contributed by atoms with Crippen LogP contribution in [0.2, 0.25) is 0 Å². The SMILES string of the molecule is CNCCCNC(=O)c1ccc2cn[nH]c2c1. The lowest BCUT2D eigenvalue weighted by molar-refractivity contribution is 0.0953. The summed E-state index contributed by atoms with van der Waals surface area (Å²) in [4.78, 5) is 11.8. The molecule has 0 atom stereocenters. The van der Waals surface area contributed by atoms with Crippen molar-refractivity contribution in [3.63, 3.8) is 0 Å². The molecule has 2 aromatic rings. The number of H-pyrrole nitrogens is 1. The molecular formula is C12H16N4O. The van der Waals surface area contributed by atoms with Gasteiger partial charge in [-0.1, -0.05) is 6.07 Å². The van der Waals surface area contributed by atoms with Gasteiger partial charge in [0.25, 0.3) is 5.91 Å². The van der Waals surface area contributed by atoms with Gasteiger partial charge in [0, 0.05) is 17.5 Å². The average Bonchev–Trinajstić information content (AvgIpc) is 2.81. The van der Waals surface area contributed by atoms with Gasteiger partial charge in [-0.3, -0.25) is 9.89 Å². The monoisotopic (exact) mass is 232 g/mol. The summed E-state index contributed by atoms with van der Waals surface area (Å²) in [5, 5.41) is 13.7. The van der Waals surface area contributed by atoms with Crippen LogP contribution in [0.25, 0.3) is 10.9 Å². The van der Waals surface area contributed by atoms with Crippen molar-refractivity contribution >= 4 is 16.8 Å². The van der Waals surface area contributed by atoms with Crippen molar-refractivity contribution in [1.29, 1.82) is 0 Å². The van der Waals surface area contributed by atoms with Crippen molar-refractivity contribution in [3.8, 4) is 0 Å². The number of nitrogens with zero attached hydrogens (tertiary/aromatic N) is 1. The van der Waals surface area contributed by atoms with Crippen LogP contribution in [-0.2, 0) is 0 Å². The predicted octanol–water partition coefficient (Wildman–Crippen LogP) is 0.902. The van der Waals surface area contributed by atoms with Crippen LogP contribution in [0.5, 0.6) is 0 Å². The standard InChI is InChI=1S/C12H16N4O/c1-13-5-2-6-14-12(17)9-3-4-10-8-15-16-11(10)7-9/h3-4,7-8,13H,2,5-6H2,1H3,(H,14,17)(H,15,16). The third-order valence-corrected chi connectivity index (χ3v) is 2.59. The zero-order valence-electron chi connectivity index (χ0n) is 9.79. The number of aromatic nitrogens is 2. The van der Waals surface area contributed by atoms with E-state index in [2.05, 4.69) is 20.8 Å². The first-order valence-electron chi connectivity index (χ1n) is 5.67. The Kier molecular flexibility index (Phi) is 3.72. The molecule has 90 valence electrons. The van der Waals surface area contributed by atoms with Gasteiger partial charge in [-0.25, -0.2) is 0 Å². The maximum atomic E-state index is 11.8. The maximum absolute atomic E-state index is 11.8. The van der Waals surface area contributed by atoms with Crippen molar-refractivity contribution in [2.45, 2.75) is 6.42 Å². The molecule has 1 amide bonds. The van der Waals surface area contributed by atoms with Crippen LogP contribution in [-0.4, -0.2) is 36.2 Å². The molecule has 0 spiro atoms. The number of fused-ring (bicyclic) bond motifs is 1. The van der Waals surface area contributed by atoms with E-state index in [4.69, 9.17) is 0 Å². The zero-order chi connectivity index (χ0) is 12.1. The second-order valence-corrected chi connectivity index (χ2v) is 3.89. The van der Waals surface area contributed by atoms with Gasteiger partial charge in [-0.15, -0.1) is 0 Å². The summed E-state index contributed by atoms with van der Waals surface area (Å²) >= 11 is 0. The Morgan fingerprint density at radius 3 is 3.12 bits per heavy atom. The smallest absolute Gasteiger partial charge is 0.251 e. The highest BCUT2D eigenvalue weighted by Gasteiger charge is 2.06. The lowest BCUT2D eigenvalue weighted by atomic mass is 10.1. The molecule has 5 nitrogen and oxygen atoms in total. The van der Waals surface area contributed by atoms with Crippen molar-refractivity contribution in [2.75, 3.05) is 20.1 Å². The summed E-state index contributed by atoms with van der Waals surface area (Å²) < 4.78 is 0. The van der Waals surface area contributed by atoms with Crippen molar-refractivity contribution in [2.24, 2.45) is 0 Å². The van der Waals surface area contributed by atoms with Gasteiger partial charge in [0.1, 0.15) is 0 Å². The van der Waals surface area contributed by atoms with Crippen molar-refractivity contribution in [3.05, 3.63) is 30.0 Å². The second kappa shape index (κ2) is 5.45. The molecule has 0 fully saturated rings. The van der Waals surface area contributed by atoms with E-state index < -0.39 is 0 Å². The first-order chi connectivity index (χ1) is 8.31. The Morgan fingerprint density at radius 1 is 1.41 bits per heavy atom. The second-order valence-electron chi connectivity index (χ2n) is 3.89. The number of hydrogen-bond donors (Lipinski definition) is 3. The Labute approximate surface area is 99.6 Å². The van der Waals surface area contributed by atoms with Crippen LogP contribution < -0.4 is 10.6 Å². The Balaban J connectivity index is 1.98. The van der Waals surface area contributed by atoms with E-state index in [1.807, 2.05) is 25.2 Å². The summed E-state index contributed by atoms with van der Waals surface area (Å²) in [6.45, 7) is 1.58. The van der Waals surface area contributed by atoms with Gasteiger partial charge in [-0.2, -0.15) is 5.10 Å². The average molecular weight is 232 g/mol. The van der Waals surface area contributed by atoms with Gasteiger partial charge in [-0.05, 0) is 32.1 Å². The molecule has 0 aliphatic heterocycles. The minimum Gasteiger partial charge on any atom is -0.352 e. The largest absolute Gasteiger partial charge is 0.352 e. The number of benzene rings is 1. The fraction of sp³-hybridized carbons (Fsp3) is 0.333. The van der Waals surface area contributed by atoms with Crippen LogP contribution in [0.15, 0.2) is 24.4 Å². The number of nitrogens with one attached hydrogen (secondary N) is 3. The molecule has 1 aromatic carbocycles. The van der Waals surface area contributed by atoms with Gasteiger partial charge < -0.3 is 10.6 Å². The van der Waals surface area contributed by atoms with Gasteiger partial charge in [0.05, 0.1) is 11.7 Å². The Morgan fingerprint density at radius 2 is 2.29 bits per heavy atom. The van der Waals surface area contributed by atoms with Crippen LogP contribution in [0.3, 0.4) is 0 Å². The molecule has 0 radical (unpaired) electrons. The summed E-state index contributed by atoms with van der Waals surface area (Å²) in [7, 11) is 1.90. The number of hydrogen-bond acceptors (Lipinski definition) is 3. The highest BCUT2D eigenvalue weighted by Crippen LogP contribution is 2.12.